The number of nitrogens with two attached hydrogens (primary N) is 1. The van der Waals surface area contributed by atoms with E-state index in [1.54, 1.807) is 0 Å². The second kappa shape index (κ2) is 9.17. The van der Waals surface area contributed by atoms with Gasteiger partial charge in [-0.3, -0.25) is 9.69 Å². The highest BCUT2D eigenvalue weighted by molar-refractivity contribution is 8.01. The quantitative estimate of drug-likeness (QED) is 0.720. The zero-order valence-corrected chi connectivity index (χ0v) is 15.7. The summed E-state index contributed by atoms with van der Waals surface area (Å²) in [5.41, 5.74) is 6.88. The average molecular weight is 378 g/mol. The molecule has 1 fully saturated rings. The van der Waals surface area contributed by atoms with Crippen LogP contribution in [-0.4, -0.2) is 46.4 Å². The first-order valence-electron chi connectivity index (χ1n) is 8.44. The highest BCUT2D eigenvalue weighted by Gasteiger charge is 2.20. The maximum atomic E-state index is 12.0. The first-order chi connectivity index (χ1) is 12.2. The van der Waals surface area contributed by atoms with Crippen molar-refractivity contribution in [3.63, 3.8) is 0 Å². The Bertz CT molecular complexity index is 679. The van der Waals surface area contributed by atoms with Crippen LogP contribution in [0.3, 0.4) is 0 Å². The molecule has 1 aromatic carbocycles. The lowest BCUT2D eigenvalue weighted by Gasteiger charge is -2.32. The number of thioether (sulfide) groups is 1. The largest absolute Gasteiger partial charge is 0.374 e. The number of hydrogen-bond acceptors (Lipinski definition) is 7. The van der Waals surface area contributed by atoms with Gasteiger partial charge in [-0.15, -0.1) is 10.2 Å². The molecule has 8 heteroatoms. The van der Waals surface area contributed by atoms with E-state index in [4.69, 9.17) is 5.73 Å². The molecule has 1 atom stereocenters. The van der Waals surface area contributed by atoms with Gasteiger partial charge in [0.05, 0.1) is 5.75 Å². The smallest absolute Gasteiger partial charge is 0.230 e. The molecule has 3 rings (SSSR count). The lowest BCUT2D eigenvalue weighted by Crippen LogP contribution is -2.40. The summed E-state index contributed by atoms with van der Waals surface area (Å²) in [4.78, 5) is 14.5. The van der Waals surface area contributed by atoms with E-state index in [0.717, 1.165) is 30.5 Å². The number of carbonyl (C=O) groups is 1. The molecule has 0 bridgehead atoms. The van der Waals surface area contributed by atoms with Gasteiger partial charge in [-0.25, -0.2) is 0 Å². The second-order valence-electron chi connectivity index (χ2n) is 6.23. The van der Waals surface area contributed by atoms with Crippen LogP contribution in [0.15, 0.2) is 34.7 Å². The minimum atomic E-state index is 0.0407. The summed E-state index contributed by atoms with van der Waals surface area (Å²) < 4.78 is 0.736. The van der Waals surface area contributed by atoms with Crippen molar-refractivity contribution in [2.24, 2.45) is 5.92 Å². The summed E-state index contributed by atoms with van der Waals surface area (Å²) in [6, 6.07) is 10.6. The maximum absolute atomic E-state index is 12.0. The molecule has 25 heavy (non-hydrogen) atoms. The molecular weight excluding hydrogens is 354 g/mol. The standard InChI is InChI=1S/C17H23N5OS2/c18-16-20-21-17(25-16)24-12-15(23)19-9-14-7-4-8-22(11-14)10-13-5-2-1-3-6-13/h1-3,5-6,14H,4,7-12H2,(H2,18,20)(H,19,23)/t14-/m1/s1. The number of amides is 1. The Balaban J connectivity index is 1.38. The number of nitrogens with one attached hydrogen (secondary N) is 1. The Labute approximate surface area is 156 Å². The number of rotatable bonds is 7. The van der Waals surface area contributed by atoms with Crippen LogP contribution in [0.4, 0.5) is 5.13 Å². The Kier molecular flexibility index (Phi) is 6.66. The summed E-state index contributed by atoms with van der Waals surface area (Å²) in [7, 11) is 0. The molecule has 2 aromatic rings. The van der Waals surface area contributed by atoms with Gasteiger partial charge in [-0.1, -0.05) is 53.4 Å². The van der Waals surface area contributed by atoms with E-state index in [0.29, 0.717) is 16.8 Å². The summed E-state index contributed by atoms with van der Waals surface area (Å²) in [6.07, 6.45) is 2.36. The van der Waals surface area contributed by atoms with Crippen molar-refractivity contribution in [2.45, 2.75) is 23.7 Å². The normalized spacial score (nSPS) is 18.2. The van der Waals surface area contributed by atoms with E-state index >= 15 is 0 Å². The number of likely N-dealkylation sites (tertiary alicyclic amines) is 1. The van der Waals surface area contributed by atoms with Crippen molar-refractivity contribution < 1.29 is 4.79 Å². The molecular formula is C17H23N5OS2. The van der Waals surface area contributed by atoms with Gasteiger partial charge in [0.25, 0.3) is 0 Å². The van der Waals surface area contributed by atoms with Gasteiger partial charge in [0.1, 0.15) is 0 Å². The molecule has 0 unspecified atom stereocenters. The van der Waals surface area contributed by atoms with Gasteiger partial charge in [-0.05, 0) is 30.9 Å². The monoisotopic (exact) mass is 377 g/mol. The first-order valence-corrected chi connectivity index (χ1v) is 10.2. The van der Waals surface area contributed by atoms with Crippen molar-refractivity contribution >= 4 is 34.1 Å². The van der Waals surface area contributed by atoms with Crippen LogP contribution in [0, 0.1) is 5.92 Å². The van der Waals surface area contributed by atoms with Crippen molar-refractivity contribution in [2.75, 3.05) is 31.1 Å². The van der Waals surface area contributed by atoms with Gasteiger partial charge >= 0.3 is 0 Å². The van der Waals surface area contributed by atoms with Crippen LogP contribution in [0.2, 0.25) is 0 Å². The number of nitrogen functional groups attached to an aromatic ring is 1. The summed E-state index contributed by atoms with van der Waals surface area (Å²) >= 11 is 2.69. The van der Waals surface area contributed by atoms with Crippen LogP contribution in [0.25, 0.3) is 0 Å². The van der Waals surface area contributed by atoms with E-state index in [9.17, 15) is 4.79 Å². The average Bonchev–Trinajstić information content (AvgIpc) is 3.05. The Morgan fingerprint density at radius 2 is 2.20 bits per heavy atom. The SMILES string of the molecule is Nc1nnc(SCC(=O)NC[C@H]2CCCN(Cc3ccccc3)C2)s1. The fraction of sp³-hybridized carbons (Fsp3) is 0.471. The summed E-state index contributed by atoms with van der Waals surface area (Å²) in [5.74, 6) is 0.914. The lowest BCUT2D eigenvalue weighted by molar-refractivity contribution is -0.118. The summed E-state index contributed by atoms with van der Waals surface area (Å²) in [5, 5.41) is 11.1. The van der Waals surface area contributed by atoms with Crippen LogP contribution < -0.4 is 11.1 Å². The fourth-order valence-electron chi connectivity index (χ4n) is 3.02. The Hall–Kier alpha value is -1.64. The third-order valence-electron chi connectivity index (χ3n) is 4.19. The molecule has 1 aliphatic rings. The first kappa shape index (κ1) is 18.2. The van der Waals surface area contributed by atoms with E-state index < -0.39 is 0 Å². The highest BCUT2D eigenvalue weighted by atomic mass is 32.2. The number of nitrogens with zero attached hydrogens (tertiary/aromatic N) is 3. The van der Waals surface area contributed by atoms with Crippen LogP contribution >= 0.6 is 23.1 Å². The van der Waals surface area contributed by atoms with E-state index in [1.165, 1.54) is 41.5 Å². The second-order valence-corrected chi connectivity index (χ2v) is 8.46. The zero-order valence-electron chi connectivity index (χ0n) is 14.1. The van der Waals surface area contributed by atoms with Crippen molar-refractivity contribution in [1.29, 1.82) is 0 Å². The lowest BCUT2D eigenvalue weighted by atomic mass is 9.97. The minimum Gasteiger partial charge on any atom is -0.374 e. The predicted octanol–water partition coefficient (Wildman–Crippen LogP) is 2.24. The zero-order chi connectivity index (χ0) is 17.5. The molecule has 0 spiro atoms. The molecule has 1 aromatic heterocycles. The Morgan fingerprint density at radius 3 is 2.96 bits per heavy atom. The molecule has 3 N–H and O–H groups in total. The molecule has 0 saturated carbocycles. The topological polar surface area (TPSA) is 84.1 Å². The maximum Gasteiger partial charge on any atom is 0.230 e. The third-order valence-corrected chi connectivity index (χ3v) is 6.07. The van der Waals surface area contributed by atoms with Crippen molar-refractivity contribution in [3.05, 3.63) is 35.9 Å². The van der Waals surface area contributed by atoms with Crippen molar-refractivity contribution in [1.82, 2.24) is 20.4 Å². The number of aromatic nitrogens is 2. The number of anilines is 1. The van der Waals surface area contributed by atoms with Crippen LogP contribution in [-0.2, 0) is 11.3 Å². The van der Waals surface area contributed by atoms with Gasteiger partial charge in [0.2, 0.25) is 11.0 Å². The number of hydrogen-bond donors (Lipinski definition) is 2. The van der Waals surface area contributed by atoms with Crippen LogP contribution in [0.1, 0.15) is 18.4 Å². The van der Waals surface area contributed by atoms with Crippen molar-refractivity contribution in [3.8, 4) is 0 Å². The molecule has 2 heterocycles. The molecule has 134 valence electrons. The molecule has 1 amide bonds. The number of piperidine rings is 1. The Morgan fingerprint density at radius 1 is 1.36 bits per heavy atom. The molecule has 1 aliphatic heterocycles. The molecule has 0 radical (unpaired) electrons. The van der Waals surface area contributed by atoms with Crippen LogP contribution in [0.5, 0.6) is 0 Å². The molecule has 0 aliphatic carbocycles. The highest BCUT2D eigenvalue weighted by Crippen LogP contribution is 2.23. The fourth-order valence-corrected chi connectivity index (χ4v) is 4.48. The van der Waals surface area contributed by atoms with Gasteiger partial charge in [0.15, 0.2) is 4.34 Å². The third kappa shape index (κ3) is 5.98. The van der Waals surface area contributed by atoms with E-state index in [1.807, 2.05) is 6.07 Å². The number of benzene rings is 1. The molecule has 6 nitrogen and oxygen atoms in total. The van der Waals surface area contributed by atoms with E-state index in [-0.39, 0.29) is 5.91 Å². The van der Waals surface area contributed by atoms with Gasteiger partial charge in [0, 0.05) is 19.6 Å². The van der Waals surface area contributed by atoms with Gasteiger partial charge in [-0.2, -0.15) is 0 Å². The van der Waals surface area contributed by atoms with Gasteiger partial charge < -0.3 is 11.1 Å². The summed E-state index contributed by atoms with van der Waals surface area (Å²) in [6.45, 7) is 3.89. The predicted molar refractivity (Wildman–Crippen MR) is 102 cm³/mol. The van der Waals surface area contributed by atoms with E-state index in [2.05, 4.69) is 44.7 Å². The number of carbonyl (C=O) groups excluding carboxylic acids is 1. The minimum absolute atomic E-state index is 0.0407. The molecule has 1 saturated heterocycles.